The van der Waals surface area contributed by atoms with Crippen molar-refractivity contribution in [2.75, 3.05) is 18.2 Å². The third-order valence-corrected chi connectivity index (χ3v) is 3.00. The van der Waals surface area contributed by atoms with E-state index in [0.717, 1.165) is 33.9 Å². The maximum atomic E-state index is 5.99. The number of rotatable bonds is 3. The molecule has 3 nitrogen and oxygen atoms in total. The summed E-state index contributed by atoms with van der Waals surface area (Å²) in [6.07, 6.45) is 0. The van der Waals surface area contributed by atoms with E-state index in [2.05, 4.69) is 5.32 Å². The van der Waals surface area contributed by atoms with E-state index < -0.39 is 0 Å². The van der Waals surface area contributed by atoms with Gasteiger partial charge in [-0.25, -0.2) is 0 Å². The smallest absolute Gasteiger partial charge is 0.119 e. The number of para-hydroxylation sites is 1. The lowest BCUT2D eigenvalue weighted by Crippen LogP contribution is -2.00. The highest BCUT2D eigenvalue weighted by molar-refractivity contribution is 5.76. The summed E-state index contributed by atoms with van der Waals surface area (Å²) >= 11 is 0. The normalized spacial score (nSPS) is 10.2. The predicted molar refractivity (Wildman–Crippen MR) is 76.6 cm³/mol. The summed E-state index contributed by atoms with van der Waals surface area (Å²) in [5, 5.41) is 3.38. The fourth-order valence-electron chi connectivity index (χ4n) is 1.90. The van der Waals surface area contributed by atoms with Gasteiger partial charge in [0.25, 0.3) is 0 Å². The van der Waals surface area contributed by atoms with Crippen LogP contribution in [0, 0.1) is 13.8 Å². The highest BCUT2D eigenvalue weighted by Crippen LogP contribution is 2.29. The van der Waals surface area contributed by atoms with Crippen molar-refractivity contribution in [2.45, 2.75) is 13.8 Å². The second kappa shape index (κ2) is 5.00. The topological polar surface area (TPSA) is 47.3 Å². The molecule has 18 heavy (non-hydrogen) atoms. The molecule has 0 aliphatic heterocycles. The number of hydrogen-bond donors (Lipinski definition) is 2. The second-order valence-corrected chi connectivity index (χ2v) is 4.34. The SMILES string of the molecule is COc1ccc(Nc2c(C)cccc2N)c(C)c1. The van der Waals surface area contributed by atoms with Crippen LogP contribution in [0.1, 0.15) is 11.1 Å². The van der Waals surface area contributed by atoms with E-state index in [-0.39, 0.29) is 0 Å². The Morgan fingerprint density at radius 3 is 2.44 bits per heavy atom. The van der Waals surface area contributed by atoms with Crippen molar-refractivity contribution in [1.82, 2.24) is 0 Å². The Morgan fingerprint density at radius 2 is 1.83 bits per heavy atom. The van der Waals surface area contributed by atoms with Crippen molar-refractivity contribution < 1.29 is 4.74 Å². The molecule has 3 heteroatoms. The zero-order valence-corrected chi connectivity index (χ0v) is 10.9. The second-order valence-electron chi connectivity index (χ2n) is 4.34. The standard InChI is InChI=1S/C15H18N2O/c1-10-5-4-6-13(16)15(10)17-14-8-7-12(18-3)9-11(14)2/h4-9,17H,16H2,1-3H3. The summed E-state index contributed by atoms with van der Waals surface area (Å²) in [6.45, 7) is 4.08. The number of nitrogens with one attached hydrogen (secondary N) is 1. The summed E-state index contributed by atoms with van der Waals surface area (Å²) in [7, 11) is 1.67. The van der Waals surface area contributed by atoms with Gasteiger partial charge in [-0.1, -0.05) is 12.1 Å². The van der Waals surface area contributed by atoms with Gasteiger partial charge >= 0.3 is 0 Å². The Bertz CT molecular complexity index is 544. The molecule has 0 aliphatic carbocycles. The molecule has 3 N–H and O–H groups in total. The first-order chi connectivity index (χ1) is 8.61. The minimum absolute atomic E-state index is 0.755. The monoisotopic (exact) mass is 242 g/mol. The summed E-state index contributed by atoms with van der Waals surface area (Å²) in [5.74, 6) is 0.857. The van der Waals surface area contributed by atoms with Gasteiger partial charge < -0.3 is 15.8 Å². The summed E-state index contributed by atoms with van der Waals surface area (Å²) in [6, 6.07) is 11.8. The van der Waals surface area contributed by atoms with Crippen LogP contribution in [0.3, 0.4) is 0 Å². The van der Waals surface area contributed by atoms with E-state index in [1.807, 2.05) is 50.2 Å². The van der Waals surface area contributed by atoms with Crippen LogP contribution in [0.5, 0.6) is 5.75 Å². The van der Waals surface area contributed by atoms with E-state index in [1.54, 1.807) is 7.11 Å². The van der Waals surface area contributed by atoms with Crippen molar-refractivity contribution in [3.63, 3.8) is 0 Å². The number of anilines is 3. The maximum absolute atomic E-state index is 5.99. The number of hydrogen-bond acceptors (Lipinski definition) is 3. The largest absolute Gasteiger partial charge is 0.497 e. The van der Waals surface area contributed by atoms with Gasteiger partial charge in [0.15, 0.2) is 0 Å². The zero-order valence-electron chi connectivity index (χ0n) is 10.9. The van der Waals surface area contributed by atoms with Crippen LogP contribution in [0.4, 0.5) is 17.1 Å². The maximum Gasteiger partial charge on any atom is 0.119 e. The van der Waals surface area contributed by atoms with Crippen molar-refractivity contribution in [3.8, 4) is 5.75 Å². The van der Waals surface area contributed by atoms with E-state index in [9.17, 15) is 0 Å². The van der Waals surface area contributed by atoms with Gasteiger partial charge in [-0.05, 0) is 49.2 Å². The highest BCUT2D eigenvalue weighted by Gasteiger charge is 2.05. The van der Waals surface area contributed by atoms with Crippen LogP contribution >= 0.6 is 0 Å². The molecule has 2 rings (SSSR count). The number of nitrogen functional groups attached to an aromatic ring is 1. The van der Waals surface area contributed by atoms with Crippen LogP contribution < -0.4 is 15.8 Å². The number of benzene rings is 2. The van der Waals surface area contributed by atoms with Gasteiger partial charge in [-0.2, -0.15) is 0 Å². The lowest BCUT2D eigenvalue weighted by Gasteiger charge is -2.14. The van der Waals surface area contributed by atoms with Crippen molar-refractivity contribution in [1.29, 1.82) is 0 Å². The molecule has 0 bridgehead atoms. The lowest BCUT2D eigenvalue weighted by molar-refractivity contribution is 0.414. The molecule has 0 saturated heterocycles. The molecule has 0 atom stereocenters. The Hall–Kier alpha value is -2.16. The molecule has 2 aromatic carbocycles. The predicted octanol–water partition coefficient (Wildman–Crippen LogP) is 3.64. The van der Waals surface area contributed by atoms with Crippen molar-refractivity contribution in [2.24, 2.45) is 0 Å². The Labute approximate surface area is 108 Å². The highest BCUT2D eigenvalue weighted by atomic mass is 16.5. The fourth-order valence-corrected chi connectivity index (χ4v) is 1.90. The Kier molecular flexibility index (Phi) is 3.42. The number of aryl methyl sites for hydroxylation is 2. The average molecular weight is 242 g/mol. The molecule has 0 fully saturated rings. The van der Waals surface area contributed by atoms with Crippen molar-refractivity contribution in [3.05, 3.63) is 47.5 Å². The van der Waals surface area contributed by atoms with E-state index in [0.29, 0.717) is 0 Å². The molecular formula is C15H18N2O. The molecule has 0 aliphatic rings. The Morgan fingerprint density at radius 1 is 1.06 bits per heavy atom. The summed E-state index contributed by atoms with van der Waals surface area (Å²) in [4.78, 5) is 0. The van der Waals surface area contributed by atoms with Gasteiger partial charge in [-0.3, -0.25) is 0 Å². The van der Waals surface area contributed by atoms with Crippen LogP contribution in [0.25, 0.3) is 0 Å². The molecular weight excluding hydrogens is 224 g/mol. The molecule has 2 aromatic rings. The first kappa shape index (κ1) is 12.3. The van der Waals surface area contributed by atoms with E-state index in [4.69, 9.17) is 10.5 Å². The molecule has 0 unspecified atom stereocenters. The van der Waals surface area contributed by atoms with Crippen LogP contribution in [-0.4, -0.2) is 7.11 Å². The molecule has 0 heterocycles. The summed E-state index contributed by atoms with van der Waals surface area (Å²) < 4.78 is 5.20. The number of nitrogens with two attached hydrogens (primary N) is 1. The van der Waals surface area contributed by atoms with Gasteiger partial charge in [0.05, 0.1) is 18.5 Å². The van der Waals surface area contributed by atoms with Gasteiger partial charge in [0.1, 0.15) is 5.75 Å². The van der Waals surface area contributed by atoms with Gasteiger partial charge in [0, 0.05) is 5.69 Å². The van der Waals surface area contributed by atoms with Crippen molar-refractivity contribution >= 4 is 17.1 Å². The number of ether oxygens (including phenoxy) is 1. The van der Waals surface area contributed by atoms with Crippen LogP contribution in [0.15, 0.2) is 36.4 Å². The average Bonchev–Trinajstić information content (AvgIpc) is 2.35. The lowest BCUT2D eigenvalue weighted by atomic mass is 10.1. The minimum Gasteiger partial charge on any atom is -0.497 e. The van der Waals surface area contributed by atoms with E-state index in [1.165, 1.54) is 0 Å². The number of methoxy groups -OCH3 is 1. The molecule has 0 aromatic heterocycles. The summed E-state index contributed by atoms with van der Waals surface area (Å²) in [5.41, 5.74) is 11.0. The van der Waals surface area contributed by atoms with E-state index >= 15 is 0 Å². The molecule has 0 saturated carbocycles. The third kappa shape index (κ3) is 2.40. The third-order valence-electron chi connectivity index (χ3n) is 3.00. The molecule has 0 radical (unpaired) electrons. The fraction of sp³-hybridized carbons (Fsp3) is 0.200. The minimum atomic E-state index is 0.755. The quantitative estimate of drug-likeness (QED) is 0.808. The molecule has 0 spiro atoms. The van der Waals surface area contributed by atoms with Crippen LogP contribution in [-0.2, 0) is 0 Å². The zero-order chi connectivity index (χ0) is 13.1. The first-order valence-corrected chi connectivity index (χ1v) is 5.88. The van der Waals surface area contributed by atoms with Crippen LogP contribution in [0.2, 0.25) is 0 Å². The van der Waals surface area contributed by atoms with Gasteiger partial charge in [0.2, 0.25) is 0 Å². The Balaban J connectivity index is 2.34. The van der Waals surface area contributed by atoms with Gasteiger partial charge in [-0.15, -0.1) is 0 Å². The molecule has 0 amide bonds. The molecule has 94 valence electrons. The first-order valence-electron chi connectivity index (χ1n) is 5.88.